The number of pyridine rings is 1. The van der Waals surface area contributed by atoms with Crippen LogP contribution in [0.3, 0.4) is 0 Å². The van der Waals surface area contributed by atoms with Crippen LogP contribution in [0, 0.1) is 0 Å². The van der Waals surface area contributed by atoms with Gasteiger partial charge in [0, 0.05) is 24.5 Å². The van der Waals surface area contributed by atoms with Gasteiger partial charge < -0.3 is 27.8 Å². The summed E-state index contributed by atoms with van der Waals surface area (Å²) < 4.78 is 137. The van der Waals surface area contributed by atoms with Gasteiger partial charge in [0.25, 0.3) is 0 Å². The highest BCUT2D eigenvalue weighted by Gasteiger charge is 2.37. The SMILES string of the molecule is COc1cc2c(cc1OC)C[N+](C)(CCCCCCc1cccc(OC)[n+]1C)CC2.O=S(=O)([O-])C(F)(F)F.O=S(=O)([O-])C(F)(F)F. The van der Waals surface area contributed by atoms with Crippen molar-refractivity contribution in [3.63, 3.8) is 0 Å². The van der Waals surface area contributed by atoms with Gasteiger partial charge in [-0.25, -0.2) is 16.8 Å². The third-order valence-electron chi connectivity index (χ3n) is 7.12. The van der Waals surface area contributed by atoms with Crippen molar-refractivity contribution in [3.8, 4) is 17.4 Å². The zero-order valence-electron chi connectivity index (χ0n) is 25.9. The molecule has 2 aromatic rings. The van der Waals surface area contributed by atoms with Gasteiger partial charge in [0.15, 0.2) is 37.4 Å². The average molecular weight is 713 g/mol. The highest BCUT2D eigenvalue weighted by molar-refractivity contribution is 7.86. The molecule has 0 radical (unpaired) electrons. The van der Waals surface area contributed by atoms with Crippen LogP contribution < -0.4 is 18.8 Å². The predicted octanol–water partition coefficient (Wildman–Crippen LogP) is 3.95. The number of likely N-dealkylation sites (N-methyl/N-ethyl adjacent to an activating group) is 1. The second-order valence-electron chi connectivity index (χ2n) is 10.5. The molecule has 2 heterocycles. The summed E-state index contributed by atoms with van der Waals surface area (Å²) in [6.45, 7) is 3.51. The molecule has 1 aromatic heterocycles. The van der Waals surface area contributed by atoms with Crippen molar-refractivity contribution in [2.24, 2.45) is 7.05 Å². The summed E-state index contributed by atoms with van der Waals surface area (Å²) in [6.07, 6.45) is 7.29. The van der Waals surface area contributed by atoms with Crippen LogP contribution in [0.15, 0.2) is 30.3 Å². The lowest BCUT2D eigenvalue weighted by Gasteiger charge is -2.39. The molecule has 0 amide bonds. The maximum absolute atomic E-state index is 10.7. The number of hydrogen-bond acceptors (Lipinski definition) is 9. The number of halogens is 6. The summed E-state index contributed by atoms with van der Waals surface area (Å²) in [5.41, 5.74) is -7.13. The zero-order chi connectivity index (χ0) is 35.6. The van der Waals surface area contributed by atoms with E-state index >= 15 is 0 Å². The van der Waals surface area contributed by atoms with Gasteiger partial charge in [-0.3, -0.25) is 0 Å². The Balaban J connectivity index is 0.000000545. The summed E-state index contributed by atoms with van der Waals surface area (Å²) in [4.78, 5) is 0. The van der Waals surface area contributed by atoms with Gasteiger partial charge >= 0.3 is 16.9 Å². The number of unbranched alkanes of at least 4 members (excludes halogenated alkanes) is 3. The topological polar surface area (TPSA) is 146 Å². The van der Waals surface area contributed by atoms with Crippen LogP contribution in [0.2, 0.25) is 0 Å². The number of rotatable bonds is 10. The molecule has 0 saturated heterocycles. The van der Waals surface area contributed by atoms with E-state index < -0.39 is 31.3 Å². The second kappa shape index (κ2) is 16.8. The summed E-state index contributed by atoms with van der Waals surface area (Å²) in [5, 5.41) is 0. The first-order valence-electron chi connectivity index (χ1n) is 13.6. The van der Waals surface area contributed by atoms with Gasteiger partial charge in [0.1, 0.15) is 13.6 Å². The number of fused-ring (bicyclic) bond motifs is 1. The minimum Gasteiger partial charge on any atom is -0.741 e. The Hall–Kier alpha value is -2.87. The monoisotopic (exact) mass is 712 g/mol. The van der Waals surface area contributed by atoms with Crippen LogP contribution >= 0.6 is 0 Å². The van der Waals surface area contributed by atoms with E-state index in [0.717, 1.165) is 41.2 Å². The number of aryl methyl sites for hydroxylation is 1. The van der Waals surface area contributed by atoms with E-state index in [1.54, 1.807) is 21.3 Å². The molecule has 0 saturated carbocycles. The maximum atomic E-state index is 10.7. The van der Waals surface area contributed by atoms with E-state index in [2.05, 4.69) is 42.9 Å². The average Bonchev–Trinajstić information content (AvgIpc) is 2.93. The number of aromatic nitrogens is 1. The van der Waals surface area contributed by atoms with Crippen LogP contribution in [-0.2, 0) is 46.7 Å². The first kappa shape index (κ1) is 41.2. The molecule has 0 fully saturated rings. The fourth-order valence-electron chi connectivity index (χ4n) is 4.63. The Morgan fingerprint density at radius 1 is 0.804 bits per heavy atom. The lowest BCUT2D eigenvalue weighted by atomic mass is 9.96. The number of methoxy groups -OCH3 is 3. The van der Waals surface area contributed by atoms with Crippen molar-refractivity contribution in [2.45, 2.75) is 56.1 Å². The number of benzene rings is 1. The number of hydrogen-bond donors (Lipinski definition) is 0. The molecule has 3 rings (SSSR count). The minimum absolute atomic E-state index is 0.843. The van der Waals surface area contributed by atoms with Crippen molar-refractivity contribution in [3.05, 3.63) is 47.2 Å². The van der Waals surface area contributed by atoms with Gasteiger partial charge in [-0.2, -0.15) is 30.9 Å². The van der Waals surface area contributed by atoms with Gasteiger partial charge in [-0.1, -0.05) is 6.42 Å². The first-order chi connectivity index (χ1) is 21.0. The highest BCUT2D eigenvalue weighted by atomic mass is 32.2. The summed E-state index contributed by atoms with van der Waals surface area (Å²) >= 11 is 0. The van der Waals surface area contributed by atoms with Crippen molar-refractivity contribution < 1.29 is 75.5 Å². The van der Waals surface area contributed by atoms with E-state index in [1.165, 1.54) is 55.6 Å². The molecule has 1 unspecified atom stereocenters. The summed E-state index contributed by atoms with van der Waals surface area (Å²) in [6, 6.07) is 10.6. The largest absolute Gasteiger partial charge is 0.741 e. The number of nitrogens with zero attached hydrogens (tertiary/aromatic N) is 2. The molecule has 0 aliphatic carbocycles. The Bertz CT molecular complexity index is 1460. The lowest BCUT2D eigenvalue weighted by molar-refractivity contribution is -0.924. The highest BCUT2D eigenvalue weighted by Crippen LogP contribution is 2.35. The second-order valence-corrected chi connectivity index (χ2v) is 13.3. The molecule has 0 N–H and O–H groups in total. The predicted molar refractivity (Wildman–Crippen MR) is 151 cm³/mol. The standard InChI is InChI=1S/C25H38N2O3.2CHF3O3S/c1-26-22(12-10-13-25(26)30-5)11-8-6-7-9-15-27(2)16-14-20-17-23(28-3)24(29-4)18-21(20)19-27;2*2-1(3,4)8(5,6)7/h10,12-13,17-18H,6-9,11,14-16,19H2,1-5H3;2*(H,5,6,7)/q+2;;/p-2. The van der Waals surface area contributed by atoms with Crippen LogP contribution in [0.1, 0.15) is 42.5 Å². The zero-order valence-corrected chi connectivity index (χ0v) is 27.5. The van der Waals surface area contributed by atoms with Crippen LogP contribution in [0.25, 0.3) is 0 Å². The summed E-state index contributed by atoms with van der Waals surface area (Å²) in [7, 11) is -2.55. The fraction of sp³-hybridized carbons (Fsp3) is 0.593. The van der Waals surface area contributed by atoms with Gasteiger partial charge in [0.2, 0.25) is 0 Å². The normalized spacial score (nSPS) is 16.6. The molecule has 1 aliphatic heterocycles. The summed E-state index contributed by atoms with van der Waals surface area (Å²) in [5.74, 6) is 2.61. The smallest absolute Gasteiger partial charge is 0.485 e. The Morgan fingerprint density at radius 2 is 1.28 bits per heavy atom. The molecule has 264 valence electrons. The number of quaternary nitrogens is 1. The quantitative estimate of drug-likeness (QED) is 0.0893. The third-order valence-corrected chi connectivity index (χ3v) is 8.26. The van der Waals surface area contributed by atoms with Crippen LogP contribution in [0.5, 0.6) is 17.4 Å². The van der Waals surface area contributed by atoms with E-state index in [4.69, 9.17) is 40.2 Å². The Labute approximate surface area is 264 Å². The first-order valence-corrected chi connectivity index (χ1v) is 16.4. The molecule has 19 heteroatoms. The van der Waals surface area contributed by atoms with Crippen molar-refractivity contribution in [1.82, 2.24) is 0 Å². The van der Waals surface area contributed by atoms with E-state index in [1.807, 2.05) is 6.07 Å². The molecule has 1 aromatic carbocycles. The molecular weight excluding hydrogens is 674 g/mol. The molecule has 1 atom stereocenters. The van der Waals surface area contributed by atoms with Gasteiger partial charge in [-0.15, -0.1) is 0 Å². The van der Waals surface area contributed by atoms with Crippen LogP contribution in [-0.4, -0.2) is 82.9 Å². The van der Waals surface area contributed by atoms with E-state index in [-0.39, 0.29) is 0 Å². The van der Waals surface area contributed by atoms with Crippen molar-refractivity contribution >= 4 is 20.2 Å². The lowest BCUT2D eigenvalue weighted by Crippen LogP contribution is -2.48. The maximum Gasteiger partial charge on any atom is 0.485 e. The molecule has 0 bridgehead atoms. The Kier molecular flexibility index (Phi) is 15.0. The van der Waals surface area contributed by atoms with E-state index in [9.17, 15) is 26.3 Å². The van der Waals surface area contributed by atoms with Crippen molar-refractivity contribution in [1.29, 1.82) is 0 Å². The Morgan fingerprint density at radius 3 is 1.74 bits per heavy atom. The number of ether oxygens (including phenoxy) is 3. The molecule has 46 heavy (non-hydrogen) atoms. The fourth-order valence-corrected chi connectivity index (χ4v) is 4.63. The van der Waals surface area contributed by atoms with Gasteiger partial charge in [0.05, 0.1) is 47.5 Å². The van der Waals surface area contributed by atoms with Crippen LogP contribution in [0.4, 0.5) is 26.3 Å². The van der Waals surface area contributed by atoms with Gasteiger partial charge in [-0.05, 0) is 43.0 Å². The molecule has 11 nitrogen and oxygen atoms in total. The molecule has 0 spiro atoms. The number of alkyl halides is 6. The van der Waals surface area contributed by atoms with E-state index in [0.29, 0.717) is 0 Å². The van der Waals surface area contributed by atoms with Crippen molar-refractivity contribution in [2.75, 3.05) is 41.5 Å². The minimum atomic E-state index is -6.09. The molecular formula is C27H38F6N2O9S2. The third kappa shape index (κ3) is 12.7. The molecule has 1 aliphatic rings.